The summed E-state index contributed by atoms with van der Waals surface area (Å²) in [6, 6.07) is 11.4. The lowest BCUT2D eigenvalue weighted by Crippen LogP contribution is -2.22. The van der Waals surface area contributed by atoms with Crippen molar-refractivity contribution < 1.29 is 14.2 Å². The third kappa shape index (κ3) is 5.45. The zero-order chi connectivity index (χ0) is 27.2. The first-order valence-corrected chi connectivity index (χ1v) is 11.8. The first-order valence-electron chi connectivity index (χ1n) is 11.8. The fraction of sp³-hybridized carbons (Fsp3) is 0.222. The number of aromatic nitrogens is 4. The van der Waals surface area contributed by atoms with E-state index < -0.39 is 5.83 Å². The number of nitriles is 1. The van der Waals surface area contributed by atoms with Gasteiger partial charge in [-0.05, 0) is 43.7 Å². The summed E-state index contributed by atoms with van der Waals surface area (Å²) in [5.41, 5.74) is 3.53. The van der Waals surface area contributed by atoms with E-state index in [0.717, 1.165) is 22.5 Å². The quantitative estimate of drug-likeness (QED) is 0.243. The zero-order valence-corrected chi connectivity index (χ0v) is 21.3. The normalized spacial score (nSPS) is 12.2. The molecule has 0 saturated carbocycles. The summed E-state index contributed by atoms with van der Waals surface area (Å²) >= 11 is 0. The van der Waals surface area contributed by atoms with Gasteiger partial charge in [-0.2, -0.15) is 15.5 Å². The Kier molecular flexibility index (Phi) is 7.94. The Hall–Kier alpha value is -4.82. The van der Waals surface area contributed by atoms with E-state index in [1.54, 1.807) is 29.2 Å². The standard InChI is InChI=1S/C27H27FN8O2/c1-18(28)16-35(30-3)26-8-5-20(13-32-26)19(2)34(4)25-7-6-21(14-31-25)24-11-23(38-10-9-37)17-36-27(24)22(12-29)15-33-36/h5-8,11,13-17,19,37H,3,9-10H2,1-2,4H3/b18-16+/t19-/m0/s1. The predicted octanol–water partition coefficient (Wildman–Crippen LogP) is 4.48. The molecule has 10 nitrogen and oxygen atoms in total. The Bertz CT molecular complexity index is 1490. The fourth-order valence-electron chi connectivity index (χ4n) is 3.95. The van der Waals surface area contributed by atoms with Crippen LogP contribution in [0.3, 0.4) is 0 Å². The van der Waals surface area contributed by atoms with Crippen molar-refractivity contribution in [3.8, 4) is 22.9 Å². The van der Waals surface area contributed by atoms with Crippen LogP contribution in [0, 0.1) is 11.3 Å². The highest BCUT2D eigenvalue weighted by molar-refractivity contribution is 5.85. The van der Waals surface area contributed by atoms with Crippen LogP contribution < -0.4 is 14.6 Å². The highest BCUT2D eigenvalue weighted by Crippen LogP contribution is 2.32. The van der Waals surface area contributed by atoms with Gasteiger partial charge in [-0.3, -0.25) is 0 Å². The van der Waals surface area contributed by atoms with Gasteiger partial charge in [0.25, 0.3) is 0 Å². The number of allylic oxidation sites excluding steroid dienone is 1. The van der Waals surface area contributed by atoms with Crippen molar-refractivity contribution in [1.29, 1.82) is 5.26 Å². The number of halogens is 1. The minimum absolute atomic E-state index is 0.0690. The molecule has 4 aromatic heterocycles. The molecule has 0 aromatic carbocycles. The van der Waals surface area contributed by atoms with Crippen LogP contribution in [0.15, 0.2) is 72.2 Å². The summed E-state index contributed by atoms with van der Waals surface area (Å²) in [5.74, 6) is 1.29. The number of fused-ring (bicyclic) bond motifs is 1. The molecule has 0 amide bonds. The molecule has 0 bridgehead atoms. The van der Waals surface area contributed by atoms with Crippen LogP contribution in [0.4, 0.5) is 16.0 Å². The number of pyridine rings is 3. The van der Waals surface area contributed by atoms with Gasteiger partial charge in [-0.25, -0.2) is 23.9 Å². The number of aliphatic hydroxyl groups is 1. The minimum atomic E-state index is -0.409. The molecule has 1 atom stereocenters. The lowest BCUT2D eigenvalue weighted by molar-refractivity contribution is 0.201. The van der Waals surface area contributed by atoms with E-state index in [1.807, 2.05) is 43.1 Å². The Morgan fingerprint density at radius 2 is 2.03 bits per heavy atom. The van der Waals surface area contributed by atoms with Crippen molar-refractivity contribution in [3.63, 3.8) is 0 Å². The van der Waals surface area contributed by atoms with Gasteiger partial charge in [0.1, 0.15) is 30.1 Å². The van der Waals surface area contributed by atoms with Crippen LogP contribution in [0.1, 0.15) is 31.0 Å². The average Bonchev–Trinajstić information content (AvgIpc) is 3.37. The highest BCUT2D eigenvalue weighted by Gasteiger charge is 2.17. The van der Waals surface area contributed by atoms with E-state index in [1.165, 1.54) is 24.3 Å². The minimum Gasteiger partial charge on any atom is -0.490 e. The van der Waals surface area contributed by atoms with Crippen molar-refractivity contribution in [2.24, 2.45) is 5.10 Å². The SMILES string of the molecule is C=NN(/C=C(\C)F)c1ccc([C@H](C)N(C)c2ccc(-c3cc(OCCO)cn4ncc(C#N)c34)cn2)cn1. The Labute approximate surface area is 219 Å². The molecule has 0 radical (unpaired) electrons. The van der Waals surface area contributed by atoms with Crippen molar-refractivity contribution in [2.45, 2.75) is 19.9 Å². The van der Waals surface area contributed by atoms with Crippen molar-refractivity contribution in [2.75, 3.05) is 30.2 Å². The van der Waals surface area contributed by atoms with Crippen molar-refractivity contribution in [3.05, 3.63) is 78.3 Å². The molecule has 11 heteroatoms. The number of rotatable bonds is 10. The molecule has 38 heavy (non-hydrogen) atoms. The zero-order valence-electron chi connectivity index (χ0n) is 21.3. The van der Waals surface area contributed by atoms with E-state index in [9.17, 15) is 9.65 Å². The molecule has 0 aliphatic rings. The molecule has 0 aliphatic heterocycles. The summed E-state index contributed by atoms with van der Waals surface area (Å²) in [5, 5.41) is 28.0. The predicted molar refractivity (Wildman–Crippen MR) is 144 cm³/mol. The molecule has 0 fully saturated rings. The van der Waals surface area contributed by atoms with Gasteiger partial charge in [0.2, 0.25) is 0 Å². The van der Waals surface area contributed by atoms with E-state index in [-0.39, 0.29) is 19.3 Å². The van der Waals surface area contributed by atoms with Crippen LogP contribution in [-0.4, -0.2) is 51.7 Å². The molecule has 194 valence electrons. The molecule has 0 unspecified atom stereocenters. The molecule has 0 saturated heterocycles. The van der Waals surface area contributed by atoms with Crippen LogP contribution >= 0.6 is 0 Å². The van der Waals surface area contributed by atoms with Gasteiger partial charge in [0.05, 0.1) is 42.3 Å². The van der Waals surface area contributed by atoms with Gasteiger partial charge < -0.3 is 14.7 Å². The third-order valence-corrected chi connectivity index (χ3v) is 6.01. The molecule has 4 rings (SSSR count). The van der Waals surface area contributed by atoms with Crippen LogP contribution in [0.25, 0.3) is 16.6 Å². The summed E-state index contributed by atoms with van der Waals surface area (Å²) < 4.78 is 20.5. The second-order valence-electron chi connectivity index (χ2n) is 8.47. The van der Waals surface area contributed by atoms with E-state index in [2.05, 4.69) is 33.0 Å². The lowest BCUT2D eigenvalue weighted by atomic mass is 10.0. The van der Waals surface area contributed by atoms with E-state index >= 15 is 0 Å². The van der Waals surface area contributed by atoms with Gasteiger partial charge in [-0.1, -0.05) is 6.07 Å². The second kappa shape index (κ2) is 11.5. The van der Waals surface area contributed by atoms with Gasteiger partial charge in [0.15, 0.2) is 5.82 Å². The summed E-state index contributed by atoms with van der Waals surface area (Å²) in [4.78, 5) is 11.1. The molecular formula is C27H27FN8O2. The lowest BCUT2D eigenvalue weighted by Gasteiger charge is -2.26. The third-order valence-electron chi connectivity index (χ3n) is 6.01. The summed E-state index contributed by atoms with van der Waals surface area (Å²) in [6.07, 6.45) is 7.83. The number of anilines is 2. The number of nitrogens with zero attached hydrogens (tertiary/aromatic N) is 8. The maximum absolute atomic E-state index is 13.3. The van der Waals surface area contributed by atoms with E-state index in [0.29, 0.717) is 22.6 Å². The highest BCUT2D eigenvalue weighted by atomic mass is 19.1. The van der Waals surface area contributed by atoms with Gasteiger partial charge in [0, 0.05) is 37.3 Å². The Morgan fingerprint density at radius 1 is 1.26 bits per heavy atom. The molecule has 4 aromatic rings. The number of hydrogen-bond donors (Lipinski definition) is 1. The first-order chi connectivity index (χ1) is 18.4. The number of aliphatic hydroxyl groups excluding tert-OH is 1. The van der Waals surface area contributed by atoms with Crippen LogP contribution in [0.5, 0.6) is 5.75 Å². The topological polar surface area (TPSA) is 115 Å². The Balaban J connectivity index is 1.59. The second-order valence-corrected chi connectivity index (χ2v) is 8.47. The van der Waals surface area contributed by atoms with Crippen molar-refractivity contribution >= 4 is 23.9 Å². The van der Waals surface area contributed by atoms with Gasteiger partial charge in [-0.15, -0.1) is 0 Å². The molecule has 0 aliphatic carbocycles. The number of hydrazone groups is 1. The smallest absolute Gasteiger partial charge is 0.153 e. The molecular weight excluding hydrogens is 487 g/mol. The number of hydrogen-bond acceptors (Lipinski definition) is 9. The van der Waals surface area contributed by atoms with Crippen molar-refractivity contribution in [1.82, 2.24) is 19.6 Å². The summed E-state index contributed by atoms with van der Waals surface area (Å²) in [7, 11) is 1.93. The average molecular weight is 515 g/mol. The molecule has 4 heterocycles. The van der Waals surface area contributed by atoms with Crippen LogP contribution in [-0.2, 0) is 0 Å². The van der Waals surface area contributed by atoms with E-state index in [4.69, 9.17) is 9.84 Å². The largest absolute Gasteiger partial charge is 0.490 e. The maximum Gasteiger partial charge on any atom is 0.153 e. The number of ether oxygens (including phenoxy) is 1. The monoisotopic (exact) mass is 514 g/mol. The molecule has 1 N–H and O–H groups in total. The fourth-order valence-corrected chi connectivity index (χ4v) is 3.95. The first kappa shape index (κ1) is 26.2. The Morgan fingerprint density at radius 3 is 2.63 bits per heavy atom. The maximum atomic E-state index is 13.3. The summed E-state index contributed by atoms with van der Waals surface area (Å²) in [6.45, 7) is 6.83. The van der Waals surface area contributed by atoms with Gasteiger partial charge >= 0.3 is 0 Å². The molecule has 0 spiro atoms. The van der Waals surface area contributed by atoms with Crippen LogP contribution in [0.2, 0.25) is 0 Å².